The molecule has 0 aromatic carbocycles. The van der Waals surface area contributed by atoms with E-state index in [0.717, 1.165) is 0 Å². The van der Waals surface area contributed by atoms with Crippen molar-refractivity contribution in [3.63, 3.8) is 0 Å². The molecule has 0 unspecified atom stereocenters. The first-order valence-electron chi connectivity index (χ1n) is 4.24. The number of carbonyl (C=O) groups is 1. The van der Waals surface area contributed by atoms with E-state index in [9.17, 15) is 4.79 Å². The van der Waals surface area contributed by atoms with Gasteiger partial charge < -0.3 is 16.4 Å². The van der Waals surface area contributed by atoms with Crippen molar-refractivity contribution < 1.29 is 4.79 Å². The Labute approximate surface area is 81.9 Å². The maximum Gasteiger partial charge on any atom is 0.236 e. The van der Waals surface area contributed by atoms with Crippen LogP contribution in [-0.4, -0.2) is 29.0 Å². The molecule has 76 valence electrons. The molecule has 1 amide bonds. The third-order valence-corrected chi connectivity index (χ3v) is 1.73. The van der Waals surface area contributed by atoms with Crippen LogP contribution in [0.15, 0.2) is 12.4 Å². The summed E-state index contributed by atoms with van der Waals surface area (Å²) in [5, 5.41) is 0. The number of primary amides is 1. The van der Waals surface area contributed by atoms with Crippen LogP contribution in [0, 0.1) is 0 Å². The average Bonchev–Trinajstić information content (AvgIpc) is 2.14. The summed E-state index contributed by atoms with van der Waals surface area (Å²) in [5.41, 5.74) is 10.6. The maximum atomic E-state index is 10.7. The molecule has 1 aromatic heterocycles. The lowest BCUT2D eigenvalue weighted by Crippen LogP contribution is -2.34. The molecule has 0 aliphatic rings. The SMILES string of the molecule is CCN(CC(N)=O)c1cc(N)ncn1. The van der Waals surface area contributed by atoms with E-state index < -0.39 is 5.91 Å². The summed E-state index contributed by atoms with van der Waals surface area (Å²) in [6.45, 7) is 2.67. The molecule has 14 heavy (non-hydrogen) atoms. The molecule has 0 atom stereocenters. The standard InChI is InChI=1S/C8H13N5O/c1-2-13(4-7(10)14)8-3-6(9)11-5-12-8/h3,5H,2,4H2,1H3,(H2,10,14)(H2,9,11,12). The molecule has 6 heteroatoms. The van der Waals surface area contributed by atoms with Gasteiger partial charge in [0.1, 0.15) is 18.0 Å². The van der Waals surface area contributed by atoms with Crippen molar-refractivity contribution in [2.75, 3.05) is 23.7 Å². The first kappa shape index (κ1) is 10.2. The number of likely N-dealkylation sites (N-methyl/N-ethyl adjacent to an activating group) is 1. The molecule has 0 saturated heterocycles. The normalized spacial score (nSPS) is 9.79. The van der Waals surface area contributed by atoms with Gasteiger partial charge in [-0.25, -0.2) is 9.97 Å². The minimum atomic E-state index is -0.399. The second-order valence-electron chi connectivity index (χ2n) is 2.78. The van der Waals surface area contributed by atoms with Crippen LogP contribution in [0.4, 0.5) is 11.6 Å². The summed E-state index contributed by atoms with van der Waals surface area (Å²) in [6, 6.07) is 1.60. The van der Waals surface area contributed by atoms with Gasteiger partial charge in [-0.1, -0.05) is 0 Å². The number of carbonyl (C=O) groups excluding carboxylic acids is 1. The van der Waals surface area contributed by atoms with E-state index in [1.165, 1.54) is 6.33 Å². The number of nitrogen functional groups attached to an aromatic ring is 1. The predicted molar refractivity (Wildman–Crippen MR) is 53.5 cm³/mol. The third-order valence-electron chi connectivity index (χ3n) is 1.73. The lowest BCUT2D eigenvalue weighted by Gasteiger charge is -2.19. The van der Waals surface area contributed by atoms with Crippen LogP contribution in [0.1, 0.15) is 6.92 Å². The molecule has 1 rings (SSSR count). The van der Waals surface area contributed by atoms with Crippen molar-refractivity contribution in [1.82, 2.24) is 9.97 Å². The van der Waals surface area contributed by atoms with Crippen molar-refractivity contribution in [2.45, 2.75) is 6.92 Å². The first-order valence-corrected chi connectivity index (χ1v) is 4.24. The topological polar surface area (TPSA) is 98.1 Å². The Balaban J connectivity index is 2.83. The van der Waals surface area contributed by atoms with Gasteiger partial charge in [0, 0.05) is 12.6 Å². The third kappa shape index (κ3) is 2.58. The Morgan fingerprint density at radius 1 is 1.57 bits per heavy atom. The second-order valence-corrected chi connectivity index (χ2v) is 2.78. The van der Waals surface area contributed by atoms with Crippen molar-refractivity contribution in [3.8, 4) is 0 Å². The summed E-state index contributed by atoms with van der Waals surface area (Å²) in [7, 11) is 0. The van der Waals surface area contributed by atoms with E-state index in [0.29, 0.717) is 18.2 Å². The number of anilines is 2. The molecule has 0 aliphatic heterocycles. The van der Waals surface area contributed by atoms with Gasteiger partial charge in [-0.15, -0.1) is 0 Å². The average molecular weight is 195 g/mol. The van der Waals surface area contributed by atoms with Crippen molar-refractivity contribution in [3.05, 3.63) is 12.4 Å². The molecule has 0 fully saturated rings. The molecule has 0 radical (unpaired) electrons. The quantitative estimate of drug-likeness (QED) is 0.666. The second kappa shape index (κ2) is 4.40. The van der Waals surface area contributed by atoms with E-state index in [-0.39, 0.29) is 6.54 Å². The molecule has 1 aromatic rings. The summed E-state index contributed by atoms with van der Waals surface area (Å²) < 4.78 is 0. The highest BCUT2D eigenvalue weighted by Crippen LogP contribution is 2.10. The van der Waals surface area contributed by atoms with Crippen molar-refractivity contribution in [2.24, 2.45) is 5.73 Å². The van der Waals surface area contributed by atoms with E-state index in [1.54, 1.807) is 11.0 Å². The minimum absolute atomic E-state index is 0.132. The minimum Gasteiger partial charge on any atom is -0.384 e. The number of nitrogens with two attached hydrogens (primary N) is 2. The van der Waals surface area contributed by atoms with Gasteiger partial charge in [0.05, 0.1) is 6.54 Å². The van der Waals surface area contributed by atoms with Crippen molar-refractivity contribution >= 4 is 17.5 Å². The zero-order valence-corrected chi connectivity index (χ0v) is 7.97. The number of rotatable bonds is 4. The Hall–Kier alpha value is -1.85. The van der Waals surface area contributed by atoms with E-state index in [1.807, 2.05) is 6.92 Å². The lowest BCUT2D eigenvalue weighted by molar-refractivity contribution is -0.116. The Morgan fingerprint density at radius 3 is 2.79 bits per heavy atom. The summed E-state index contributed by atoms with van der Waals surface area (Å²) >= 11 is 0. The summed E-state index contributed by atoms with van der Waals surface area (Å²) in [6.07, 6.45) is 1.36. The van der Waals surface area contributed by atoms with Crippen LogP contribution < -0.4 is 16.4 Å². The molecule has 0 saturated carbocycles. The fourth-order valence-electron chi connectivity index (χ4n) is 1.08. The fraction of sp³-hybridized carbons (Fsp3) is 0.375. The lowest BCUT2D eigenvalue weighted by atomic mass is 10.4. The summed E-state index contributed by atoms with van der Waals surface area (Å²) in [5.74, 6) is 0.584. The highest BCUT2D eigenvalue weighted by atomic mass is 16.1. The van der Waals surface area contributed by atoms with Gasteiger partial charge in [-0.3, -0.25) is 4.79 Å². The van der Waals surface area contributed by atoms with Crippen LogP contribution in [0.3, 0.4) is 0 Å². The smallest absolute Gasteiger partial charge is 0.236 e. The Bertz CT molecular complexity index is 327. The Kier molecular flexibility index (Phi) is 3.22. The number of nitrogens with zero attached hydrogens (tertiary/aromatic N) is 3. The zero-order valence-electron chi connectivity index (χ0n) is 7.97. The van der Waals surface area contributed by atoms with Gasteiger partial charge in [0.15, 0.2) is 0 Å². The van der Waals surface area contributed by atoms with E-state index in [2.05, 4.69) is 9.97 Å². The van der Waals surface area contributed by atoms with E-state index >= 15 is 0 Å². The van der Waals surface area contributed by atoms with Crippen LogP contribution in [0.2, 0.25) is 0 Å². The van der Waals surface area contributed by atoms with Crippen LogP contribution >= 0.6 is 0 Å². The van der Waals surface area contributed by atoms with E-state index in [4.69, 9.17) is 11.5 Å². The molecule has 0 aliphatic carbocycles. The number of hydrogen-bond acceptors (Lipinski definition) is 5. The summed E-state index contributed by atoms with van der Waals surface area (Å²) in [4.78, 5) is 20.2. The number of hydrogen-bond donors (Lipinski definition) is 2. The molecule has 0 bridgehead atoms. The number of aromatic nitrogens is 2. The van der Waals surface area contributed by atoms with Crippen molar-refractivity contribution in [1.29, 1.82) is 0 Å². The predicted octanol–water partition coefficient (Wildman–Crippen LogP) is -0.630. The van der Waals surface area contributed by atoms with Gasteiger partial charge >= 0.3 is 0 Å². The highest BCUT2D eigenvalue weighted by molar-refractivity contribution is 5.79. The molecular weight excluding hydrogens is 182 g/mol. The zero-order chi connectivity index (χ0) is 10.6. The highest BCUT2D eigenvalue weighted by Gasteiger charge is 2.08. The Morgan fingerprint density at radius 2 is 2.29 bits per heavy atom. The largest absolute Gasteiger partial charge is 0.384 e. The monoisotopic (exact) mass is 195 g/mol. The van der Waals surface area contributed by atoms with Crippen LogP contribution in [0.25, 0.3) is 0 Å². The van der Waals surface area contributed by atoms with Gasteiger partial charge in [-0.2, -0.15) is 0 Å². The molecule has 4 N–H and O–H groups in total. The van der Waals surface area contributed by atoms with Crippen LogP contribution in [-0.2, 0) is 4.79 Å². The first-order chi connectivity index (χ1) is 6.63. The van der Waals surface area contributed by atoms with Gasteiger partial charge in [0.25, 0.3) is 0 Å². The molecule has 0 spiro atoms. The van der Waals surface area contributed by atoms with Gasteiger partial charge in [-0.05, 0) is 6.92 Å². The molecular formula is C8H13N5O. The van der Waals surface area contributed by atoms with Gasteiger partial charge in [0.2, 0.25) is 5.91 Å². The number of amides is 1. The fourth-order valence-corrected chi connectivity index (χ4v) is 1.08. The molecule has 1 heterocycles. The molecule has 6 nitrogen and oxygen atoms in total. The maximum absolute atomic E-state index is 10.7. The van der Waals surface area contributed by atoms with Crippen LogP contribution in [0.5, 0.6) is 0 Å².